The molecule has 0 heterocycles. The first-order valence-electron chi connectivity index (χ1n) is 5.03. The maximum atomic E-state index is 11.6. The van der Waals surface area contributed by atoms with Crippen LogP contribution in [0.1, 0.15) is 23.7 Å². The number of amides is 1. The van der Waals surface area contributed by atoms with Crippen molar-refractivity contribution in [1.29, 1.82) is 0 Å². The molecule has 0 aliphatic heterocycles. The summed E-state index contributed by atoms with van der Waals surface area (Å²) in [6, 6.07) is 4.92. The number of phenols is 1. The topological polar surface area (TPSA) is 75.3 Å². The minimum Gasteiger partial charge on any atom is -0.507 e. The summed E-state index contributed by atoms with van der Waals surface area (Å²) in [5.74, 6) is -0.0622. The summed E-state index contributed by atoms with van der Waals surface area (Å²) in [6.07, 6.45) is 0.738. The average molecular weight is 334 g/mol. The predicted octanol–water partition coefficient (Wildman–Crippen LogP) is 1.46. The van der Waals surface area contributed by atoms with Gasteiger partial charge in [-0.3, -0.25) is 4.79 Å². The second-order valence-corrected chi connectivity index (χ2v) is 4.85. The van der Waals surface area contributed by atoms with Gasteiger partial charge in [0.1, 0.15) is 5.75 Å². The lowest BCUT2D eigenvalue weighted by molar-refractivity contribution is 0.0952. The van der Waals surface area contributed by atoms with Gasteiger partial charge in [0.05, 0.1) is 3.57 Å². The highest BCUT2D eigenvalue weighted by atomic mass is 127. The van der Waals surface area contributed by atoms with Crippen LogP contribution in [0.15, 0.2) is 18.2 Å². The van der Waals surface area contributed by atoms with Gasteiger partial charge in [-0.15, -0.1) is 0 Å². The zero-order valence-corrected chi connectivity index (χ0v) is 11.2. The minimum absolute atomic E-state index is 0.0745. The number of hydrogen-bond donors (Lipinski definition) is 3. The van der Waals surface area contributed by atoms with Crippen LogP contribution in [0.5, 0.6) is 5.75 Å². The Labute approximate surface area is 108 Å². The smallest absolute Gasteiger partial charge is 0.251 e. The molecule has 0 aliphatic carbocycles. The molecule has 1 unspecified atom stereocenters. The van der Waals surface area contributed by atoms with Crippen LogP contribution in [0.4, 0.5) is 0 Å². The maximum absolute atomic E-state index is 11.6. The van der Waals surface area contributed by atoms with Gasteiger partial charge in [0.25, 0.3) is 5.91 Å². The van der Waals surface area contributed by atoms with Crippen LogP contribution < -0.4 is 11.1 Å². The highest BCUT2D eigenvalue weighted by Crippen LogP contribution is 2.20. The van der Waals surface area contributed by atoms with Crippen LogP contribution in [0.2, 0.25) is 0 Å². The number of carbonyl (C=O) groups is 1. The molecule has 4 nitrogen and oxygen atoms in total. The Hall–Kier alpha value is -0.820. The van der Waals surface area contributed by atoms with Crippen molar-refractivity contribution in [3.05, 3.63) is 27.3 Å². The third-order valence-electron chi connectivity index (χ3n) is 2.09. The molecule has 1 amide bonds. The first-order chi connectivity index (χ1) is 7.50. The van der Waals surface area contributed by atoms with E-state index in [2.05, 4.69) is 5.32 Å². The molecule has 1 aromatic rings. The molecule has 16 heavy (non-hydrogen) atoms. The Morgan fingerprint density at radius 1 is 1.62 bits per heavy atom. The van der Waals surface area contributed by atoms with Gasteiger partial charge in [-0.2, -0.15) is 0 Å². The number of halogens is 1. The average Bonchev–Trinajstić information content (AvgIpc) is 2.21. The van der Waals surface area contributed by atoms with Crippen molar-refractivity contribution in [2.75, 3.05) is 6.54 Å². The van der Waals surface area contributed by atoms with E-state index >= 15 is 0 Å². The Bertz CT molecular complexity index is 380. The molecule has 0 radical (unpaired) electrons. The lowest BCUT2D eigenvalue weighted by Gasteiger charge is -2.07. The van der Waals surface area contributed by atoms with E-state index in [1.165, 1.54) is 6.07 Å². The first-order valence-corrected chi connectivity index (χ1v) is 6.11. The molecule has 5 heteroatoms. The third kappa shape index (κ3) is 3.97. The quantitative estimate of drug-likeness (QED) is 0.730. The molecule has 4 N–H and O–H groups in total. The normalized spacial score (nSPS) is 12.2. The van der Waals surface area contributed by atoms with Gasteiger partial charge in [0, 0.05) is 18.2 Å². The van der Waals surface area contributed by atoms with Crippen LogP contribution in [-0.4, -0.2) is 23.6 Å². The van der Waals surface area contributed by atoms with E-state index in [4.69, 9.17) is 5.73 Å². The fourth-order valence-electron chi connectivity index (χ4n) is 1.17. The van der Waals surface area contributed by atoms with Crippen LogP contribution in [0.25, 0.3) is 0 Å². The van der Waals surface area contributed by atoms with Crippen molar-refractivity contribution in [3.63, 3.8) is 0 Å². The van der Waals surface area contributed by atoms with Gasteiger partial charge in [0.2, 0.25) is 0 Å². The highest BCUT2D eigenvalue weighted by molar-refractivity contribution is 14.1. The molecule has 0 aromatic heterocycles. The van der Waals surface area contributed by atoms with E-state index in [-0.39, 0.29) is 17.7 Å². The number of hydrogen-bond acceptors (Lipinski definition) is 3. The fraction of sp³-hybridized carbons (Fsp3) is 0.364. The predicted molar refractivity (Wildman–Crippen MR) is 71.4 cm³/mol. The van der Waals surface area contributed by atoms with Gasteiger partial charge < -0.3 is 16.2 Å². The summed E-state index contributed by atoms with van der Waals surface area (Å²) in [6.45, 7) is 2.44. The van der Waals surface area contributed by atoms with E-state index in [9.17, 15) is 9.90 Å². The van der Waals surface area contributed by atoms with Gasteiger partial charge >= 0.3 is 0 Å². The van der Waals surface area contributed by atoms with Crippen molar-refractivity contribution in [1.82, 2.24) is 5.32 Å². The fourth-order valence-corrected chi connectivity index (χ4v) is 1.50. The number of benzene rings is 1. The molecule has 0 saturated carbocycles. The van der Waals surface area contributed by atoms with Crippen LogP contribution >= 0.6 is 22.6 Å². The summed E-state index contributed by atoms with van der Waals surface area (Å²) in [7, 11) is 0. The number of rotatable bonds is 4. The summed E-state index contributed by atoms with van der Waals surface area (Å²) >= 11 is 2.00. The van der Waals surface area contributed by atoms with Crippen molar-refractivity contribution in [2.45, 2.75) is 19.4 Å². The van der Waals surface area contributed by atoms with Gasteiger partial charge in [0.15, 0.2) is 0 Å². The third-order valence-corrected chi connectivity index (χ3v) is 3.01. The molecule has 0 saturated heterocycles. The second kappa shape index (κ2) is 6.05. The summed E-state index contributed by atoms with van der Waals surface area (Å²) < 4.78 is 0.727. The van der Waals surface area contributed by atoms with Crippen molar-refractivity contribution >= 4 is 28.5 Å². The molecule has 0 aliphatic rings. The molecule has 88 valence electrons. The standard InChI is InChI=1S/C11H15IN2O2/c1-7(13)4-5-14-11(16)8-2-3-9(12)10(15)6-8/h2-3,6-7,15H,4-5,13H2,1H3,(H,14,16). The Morgan fingerprint density at radius 3 is 2.88 bits per heavy atom. The molecule has 0 spiro atoms. The monoisotopic (exact) mass is 334 g/mol. The Kier molecular flexibility index (Phi) is 5.01. The number of aromatic hydroxyl groups is 1. The van der Waals surface area contributed by atoms with Crippen molar-refractivity contribution in [3.8, 4) is 5.75 Å². The summed E-state index contributed by atoms with van der Waals surface area (Å²) in [4.78, 5) is 11.6. The largest absolute Gasteiger partial charge is 0.507 e. The van der Waals surface area contributed by atoms with E-state index in [1.54, 1.807) is 12.1 Å². The first kappa shape index (κ1) is 13.2. The zero-order valence-electron chi connectivity index (χ0n) is 9.03. The summed E-state index contributed by atoms with van der Waals surface area (Å²) in [5, 5.41) is 12.2. The molecule has 1 atom stereocenters. The molecule has 1 rings (SSSR count). The lowest BCUT2D eigenvalue weighted by atomic mass is 10.2. The minimum atomic E-state index is -0.188. The Balaban J connectivity index is 2.56. The summed E-state index contributed by atoms with van der Waals surface area (Å²) in [5.41, 5.74) is 6.03. The Morgan fingerprint density at radius 2 is 2.31 bits per heavy atom. The number of phenolic OH excluding ortho intramolecular Hbond substituents is 1. The molecular weight excluding hydrogens is 319 g/mol. The molecule has 0 fully saturated rings. The van der Waals surface area contributed by atoms with E-state index in [0.717, 1.165) is 9.99 Å². The number of nitrogens with one attached hydrogen (secondary N) is 1. The number of nitrogens with two attached hydrogens (primary N) is 1. The van der Waals surface area contributed by atoms with Gasteiger partial charge in [-0.25, -0.2) is 0 Å². The highest BCUT2D eigenvalue weighted by Gasteiger charge is 2.07. The van der Waals surface area contributed by atoms with Gasteiger partial charge in [-0.1, -0.05) is 0 Å². The van der Waals surface area contributed by atoms with E-state index in [0.29, 0.717) is 12.1 Å². The zero-order chi connectivity index (χ0) is 12.1. The molecule has 1 aromatic carbocycles. The van der Waals surface area contributed by atoms with Crippen LogP contribution in [-0.2, 0) is 0 Å². The van der Waals surface area contributed by atoms with Crippen LogP contribution in [0.3, 0.4) is 0 Å². The number of carbonyl (C=O) groups excluding carboxylic acids is 1. The maximum Gasteiger partial charge on any atom is 0.251 e. The van der Waals surface area contributed by atoms with Crippen molar-refractivity contribution in [2.24, 2.45) is 5.73 Å². The second-order valence-electron chi connectivity index (χ2n) is 3.69. The van der Waals surface area contributed by atoms with E-state index in [1.807, 2.05) is 29.5 Å². The van der Waals surface area contributed by atoms with Crippen LogP contribution in [0, 0.1) is 3.57 Å². The van der Waals surface area contributed by atoms with E-state index < -0.39 is 0 Å². The van der Waals surface area contributed by atoms with Crippen molar-refractivity contribution < 1.29 is 9.90 Å². The van der Waals surface area contributed by atoms with Gasteiger partial charge in [-0.05, 0) is 54.1 Å². The SMILES string of the molecule is CC(N)CCNC(=O)c1ccc(I)c(O)c1. The lowest BCUT2D eigenvalue weighted by Crippen LogP contribution is -2.28. The molecule has 0 bridgehead atoms. The molecular formula is C11H15IN2O2.